The first-order valence-corrected chi connectivity index (χ1v) is 20.3. The van der Waals surface area contributed by atoms with Crippen molar-refractivity contribution in [2.45, 2.75) is 124 Å². The van der Waals surface area contributed by atoms with E-state index in [1.165, 1.54) is 31.5 Å². The number of ether oxygens (including phenoxy) is 4. The van der Waals surface area contributed by atoms with Crippen molar-refractivity contribution in [2.75, 3.05) is 25.1 Å². The zero-order valence-electron chi connectivity index (χ0n) is 35.5. The fourth-order valence-corrected chi connectivity index (χ4v) is 5.63. The van der Waals surface area contributed by atoms with Crippen molar-refractivity contribution in [3.63, 3.8) is 0 Å². The van der Waals surface area contributed by atoms with Gasteiger partial charge in [0.05, 0.1) is 25.3 Å². The molecule has 5 N–H and O–H groups in total. The van der Waals surface area contributed by atoms with E-state index < -0.39 is 64.4 Å². The molecule has 21 heteroatoms. The van der Waals surface area contributed by atoms with Crippen LogP contribution in [0.5, 0.6) is 11.5 Å². The lowest BCUT2D eigenvalue weighted by molar-refractivity contribution is -0.896. The van der Waals surface area contributed by atoms with E-state index in [1.807, 2.05) is 13.8 Å². The number of carbonyl (C=O) groups excluding carboxylic acids is 5. The summed E-state index contributed by atoms with van der Waals surface area (Å²) in [4.78, 5) is 79.0. The fraction of sp³-hybridized carbons (Fsp3) is 0.564. The Balaban J connectivity index is 1.47. The number of esters is 1. The fourth-order valence-electron chi connectivity index (χ4n) is 4.95. The number of nitrogens with zero attached hydrogens (tertiary/aromatic N) is 4. The van der Waals surface area contributed by atoms with Crippen molar-refractivity contribution in [3.8, 4) is 23.1 Å². The molecule has 328 valence electrons. The largest absolute Gasteiger partial charge is 0.489 e. The van der Waals surface area contributed by atoms with E-state index in [2.05, 4.69) is 36.4 Å². The highest BCUT2D eigenvalue weighted by Gasteiger charge is 2.42. The van der Waals surface area contributed by atoms with Gasteiger partial charge in [-0.2, -0.15) is 4.98 Å². The van der Waals surface area contributed by atoms with Crippen molar-refractivity contribution in [2.24, 2.45) is 5.16 Å². The number of carbonyl (C=O) groups is 5. The van der Waals surface area contributed by atoms with E-state index in [0.717, 1.165) is 48.0 Å². The van der Waals surface area contributed by atoms with E-state index in [0.29, 0.717) is 24.7 Å². The van der Waals surface area contributed by atoms with Crippen LogP contribution in [0, 0.1) is 0 Å². The molecule has 1 aliphatic heterocycles. The van der Waals surface area contributed by atoms with Crippen LogP contribution in [-0.2, 0) is 28.7 Å². The van der Waals surface area contributed by atoms with Gasteiger partial charge in [-0.3, -0.25) is 24.9 Å². The summed E-state index contributed by atoms with van der Waals surface area (Å²) < 4.78 is 28.7. The lowest BCUT2D eigenvalue weighted by atomic mass is 9.98. The quantitative estimate of drug-likeness (QED) is 0.0215. The molecule has 4 heterocycles. The highest BCUT2D eigenvalue weighted by atomic mass is 32.1. The zero-order valence-corrected chi connectivity index (χ0v) is 36.4. The molecule has 2 atom stereocenters. The highest BCUT2D eigenvalue weighted by Crippen LogP contribution is 2.30. The lowest BCUT2D eigenvalue weighted by Gasteiger charge is -2.37. The summed E-state index contributed by atoms with van der Waals surface area (Å²) in [7, 11) is 0. The molecule has 0 unspecified atom stereocenters. The van der Waals surface area contributed by atoms with Crippen LogP contribution in [-0.4, -0.2) is 99.3 Å². The number of β-lactam (4-membered cyclic amide) rings is 1. The maximum atomic E-state index is 13.8. The maximum absolute atomic E-state index is 13.8. The summed E-state index contributed by atoms with van der Waals surface area (Å²) in [5.41, 5.74) is -3.82. The summed E-state index contributed by atoms with van der Waals surface area (Å²) >= 11 is 0.957. The van der Waals surface area contributed by atoms with Crippen LogP contribution in [0.4, 0.5) is 9.93 Å². The molecular formula is C39H55N8O12S+. The second-order valence-corrected chi connectivity index (χ2v) is 17.0. The number of anilines is 1. The van der Waals surface area contributed by atoms with Gasteiger partial charge in [0.25, 0.3) is 23.9 Å². The van der Waals surface area contributed by atoms with Crippen LogP contribution in [0.15, 0.2) is 33.5 Å². The molecule has 3 aromatic heterocycles. The first-order valence-electron chi connectivity index (χ1n) is 19.5. The Labute approximate surface area is 351 Å². The number of oxazole rings is 1. The van der Waals surface area contributed by atoms with Crippen molar-refractivity contribution >= 4 is 52.0 Å². The van der Waals surface area contributed by atoms with Gasteiger partial charge in [0.1, 0.15) is 29.2 Å². The molecule has 0 aliphatic carbocycles. The smallest absolute Gasteiger partial charge is 0.413 e. The molecule has 0 aromatic carbocycles. The number of aromatic nitrogens is 3. The standard InChI is InChI=1S/C39H54N8O12S/c1-11-13-15-54-26-17-25(47(53)19-27(26)55-16-14-12-2)33-42-23(20-56-33)30(48)40-18-22-28(31(49)41-22)44-32(50)29(46-59-39(9,10)34(51)57-37(3,4)5)24-21-60-35(43-24)45-36(52)58-38(6,7)8/h17,19-22,28H,11-16,18H2,1-10H3,(H4-,40,41,42,43,44,45,48,49,50,52,53)/p+1/b46-29-/t22-,28+/m1/s1. The molecule has 0 spiro atoms. The van der Waals surface area contributed by atoms with Crippen molar-refractivity contribution in [3.05, 3.63) is 35.3 Å². The third kappa shape index (κ3) is 13.3. The first kappa shape index (κ1) is 46.7. The van der Waals surface area contributed by atoms with Crippen LogP contribution >= 0.6 is 11.3 Å². The Hall–Kier alpha value is -5.99. The monoisotopic (exact) mass is 859 g/mol. The predicted molar refractivity (Wildman–Crippen MR) is 216 cm³/mol. The molecule has 1 aliphatic rings. The van der Waals surface area contributed by atoms with Gasteiger partial charge < -0.3 is 44.2 Å². The lowest BCUT2D eigenvalue weighted by Crippen LogP contribution is -2.72. The number of pyridine rings is 1. The third-order valence-corrected chi connectivity index (χ3v) is 8.83. The van der Waals surface area contributed by atoms with Crippen molar-refractivity contribution < 1.29 is 62.1 Å². The van der Waals surface area contributed by atoms with Crippen LogP contribution < -0.4 is 35.5 Å². The minimum Gasteiger partial charge on any atom is -0.489 e. The molecule has 1 saturated heterocycles. The van der Waals surface area contributed by atoms with Crippen molar-refractivity contribution in [1.82, 2.24) is 25.9 Å². The van der Waals surface area contributed by atoms with E-state index >= 15 is 0 Å². The molecule has 60 heavy (non-hydrogen) atoms. The highest BCUT2D eigenvalue weighted by molar-refractivity contribution is 7.14. The summed E-state index contributed by atoms with van der Waals surface area (Å²) in [6.45, 7) is 17.7. The van der Waals surface area contributed by atoms with Gasteiger partial charge in [0, 0.05) is 16.7 Å². The number of hydrogen-bond donors (Lipinski definition) is 5. The Morgan fingerprint density at radius 3 is 2.22 bits per heavy atom. The van der Waals surface area contributed by atoms with E-state index in [9.17, 15) is 29.2 Å². The van der Waals surface area contributed by atoms with E-state index in [4.69, 9.17) is 28.2 Å². The Bertz CT molecular complexity index is 2050. The van der Waals surface area contributed by atoms with Gasteiger partial charge in [-0.15, -0.1) is 11.3 Å². The molecular weight excluding hydrogens is 805 g/mol. The Kier molecular flexibility index (Phi) is 15.4. The maximum Gasteiger partial charge on any atom is 0.413 e. The number of thiazole rings is 1. The molecule has 0 saturated carbocycles. The molecule has 0 radical (unpaired) electrons. The summed E-state index contributed by atoms with van der Waals surface area (Å²) in [6.07, 6.45) is 5.09. The number of amides is 4. The molecule has 3 aromatic rings. The average Bonchev–Trinajstić information content (AvgIpc) is 3.82. The average molecular weight is 860 g/mol. The molecule has 4 rings (SSSR count). The topological polar surface area (TPSA) is 255 Å². The van der Waals surface area contributed by atoms with Gasteiger partial charge in [-0.25, -0.2) is 14.6 Å². The summed E-state index contributed by atoms with van der Waals surface area (Å²) in [5, 5.41) is 26.5. The Morgan fingerprint density at radius 2 is 1.60 bits per heavy atom. The van der Waals surface area contributed by atoms with Crippen LogP contribution in [0.3, 0.4) is 0 Å². The molecule has 20 nitrogen and oxygen atoms in total. The molecule has 1 fully saturated rings. The normalized spacial score (nSPS) is 15.6. The number of rotatable bonds is 19. The first-order chi connectivity index (χ1) is 28.1. The van der Waals surface area contributed by atoms with Gasteiger partial charge in [0.15, 0.2) is 22.3 Å². The number of hydrogen-bond acceptors (Lipinski definition) is 16. The van der Waals surface area contributed by atoms with Crippen molar-refractivity contribution in [1.29, 1.82) is 0 Å². The number of unbranched alkanes of at least 4 members (excludes halogenated alkanes) is 2. The second-order valence-electron chi connectivity index (χ2n) is 16.2. The van der Waals surface area contributed by atoms with Gasteiger partial charge in [-0.1, -0.05) is 31.8 Å². The minimum absolute atomic E-state index is 0.0579. The second kappa shape index (κ2) is 19.8. The van der Waals surface area contributed by atoms with Crippen LogP contribution in [0.25, 0.3) is 11.6 Å². The molecule has 0 bridgehead atoms. The van der Waals surface area contributed by atoms with Crippen LogP contribution in [0.2, 0.25) is 0 Å². The summed E-state index contributed by atoms with van der Waals surface area (Å²) in [6, 6.07) is -0.419. The molecule has 4 amide bonds. The minimum atomic E-state index is -1.66. The Morgan fingerprint density at radius 1 is 0.950 bits per heavy atom. The van der Waals surface area contributed by atoms with E-state index in [-0.39, 0.29) is 34.6 Å². The van der Waals surface area contributed by atoms with E-state index in [1.54, 1.807) is 41.5 Å². The van der Waals surface area contributed by atoms with Crippen LogP contribution in [0.1, 0.15) is 111 Å². The third-order valence-electron chi connectivity index (χ3n) is 8.07. The van der Waals surface area contributed by atoms with Gasteiger partial charge >= 0.3 is 17.8 Å². The van der Waals surface area contributed by atoms with Gasteiger partial charge in [-0.05, 0) is 68.2 Å². The SMILES string of the molecule is CCCCOc1cc(-c2nc(C(=O)NC[C@H]3NC(=O)[C@H]3NC(=O)/C(=N\OC(C)(C)C(=O)OC(C)(C)C)c3csc(NC(=O)OC(C)(C)C)n3)co2)[n+](O)cc1OCCCC. The van der Waals surface area contributed by atoms with Gasteiger partial charge in [0.2, 0.25) is 17.3 Å². The number of nitrogens with one attached hydrogen (secondary N) is 4. The summed E-state index contributed by atoms with van der Waals surface area (Å²) in [5.74, 6) is -2.29. The zero-order chi connectivity index (χ0) is 44.4. The predicted octanol–water partition coefficient (Wildman–Crippen LogP) is 4.28. The number of oxime groups is 1.